The molecule has 0 saturated carbocycles. The molecule has 1 aliphatic rings. The molecular formula is C22H25Cl3FN3O4S. The number of halogens is 4. The van der Waals surface area contributed by atoms with E-state index in [2.05, 4.69) is 9.71 Å². The molecule has 1 aromatic heterocycles. The fourth-order valence-electron chi connectivity index (χ4n) is 3.77. The average molecular weight is 553 g/mol. The highest BCUT2D eigenvalue weighted by atomic mass is 35.5. The van der Waals surface area contributed by atoms with Crippen LogP contribution in [0.5, 0.6) is 5.75 Å². The molecule has 0 aliphatic carbocycles. The number of benzene rings is 1. The number of aromatic hydroxyl groups is 1. The number of piperidine rings is 1. The highest BCUT2D eigenvalue weighted by Crippen LogP contribution is 2.42. The number of aromatic amines is 1. The second kappa shape index (κ2) is 10.6. The molecule has 1 amide bonds. The molecule has 0 spiro atoms. The number of amides is 1. The predicted molar refractivity (Wildman–Crippen MR) is 133 cm³/mol. The first-order valence-corrected chi connectivity index (χ1v) is 12.8. The number of rotatable bonds is 5. The molecule has 186 valence electrons. The minimum Gasteiger partial charge on any atom is -0.598 e. The standard InChI is InChI=1S/C22H25Cl3FN3O4S/c1-22(2,3)34(33)28-19(16-15(30)9-13(23)17(25)18(16)26)11-4-6-29(7-5-11)21(32)12-8-14(24)20(31)27-10-12/h8-11,19,28,30H,4-7H2,1-3H3,(H,27,31)/t19?,34-/m0/s1. The number of aromatic nitrogens is 1. The molecule has 1 aromatic carbocycles. The van der Waals surface area contributed by atoms with E-state index in [1.807, 2.05) is 0 Å². The fraction of sp³-hybridized carbons (Fsp3) is 0.455. The molecule has 3 N–H and O–H groups in total. The third-order valence-corrected chi connectivity index (χ3v) is 8.31. The maximum absolute atomic E-state index is 15.2. The number of carbonyl (C=O) groups is 1. The Balaban J connectivity index is 1.86. The van der Waals surface area contributed by atoms with E-state index in [4.69, 9.17) is 34.8 Å². The second-order valence-corrected chi connectivity index (χ2v) is 12.3. The first-order valence-electron chi connectivity index (χ1n) is 10.5. The molecule has 12 heteroatoms. The lowest BCUT2D eigenvalue weighted by Crippen LogP contribution is -2.46. The van der Waals surface area contributed by atoms with E-state index in [1.54, 1.807) is 25.7 Å². The van der Waals surface area contributed by atoms with Crippen molar-refractivity contribution < 1.29 is 18.8 Å². The van der Waals surface area contributed by atoms with E-state index >= 15 is 4.39 Å². The van der Waals surface area contributed by atoms with Crippen LogP contribution >= 0.6 is 34.8 Å². The van der Waals surface area contributed by atoms with Crippen molar-refractivity contribution in [2.75, 3.05) is 13.1 Å². The lowest BCUT2D eigenvalue weighted by atomic mass is 9.85. The summed E-state index contributed by atoms with van der Waals surface area (Å²) in [5.41, 5.74) is -0.343. The van der Waals surface area contributed by atoms with Gasteiger partial charge in [0.25, 0.3) is 11.5 Å². The van der Waals surface area contributed by atoms with Crippen LogP contribution < -0.4 is 10.3 Å². The van der Waals surface area contributed by atoms with Crippen molar-refractivity contribution in [3.8, 4) is 5.75 Å². The van der Waals surface area contributed by atoms with E-state index in [1.165, 1.54) is 12.3 Å². The summed E-state index contributed by atoms with van der Waals surface area (Å²) < 4.78 is 30.4. The molecule has 2 aromatic rings. The summed E-state index contributed by atoms with van der Waals surface area (Å²) in [5.74, 6) is -1.84. The van der Waals surface area contributed by atoms with Crippen LogP contribution in [0.1, 0.15) is 55.6 Å². The molecule has 3 rings (SSSR count). The zero-order valence-corrected chi connectivity index (χ0v) is 21.8. The molecule has 1 fully saturated rings. The van der Waals surface area contributed by atoms with E-state index in [-0.39, 0.29) is 38.0 Å². The monoisotopic (exact) mass is 551 g/mol. The quantitative estimate of drug-likeness (QED) is 0.364. The average Bonchev–Trinajstić information content (AvgIpc) is 2.77. The number of likely N-dealkylation sites (tertiary alicyclic amines) is 1. The van der Waals surface area contributed by atoms with Crippen molar-refractivity contribution >= 4 is 52.1 Å². The van der Waals surface area contributed by atoms with Gasteiger partial charge in [-0.15, -0.1) is 4.72 Å². The van der Waals surface area contributed by atoms with Gasteiger partial charge in [-0.2, -0.15) is 0 Å². The highest BCUT2D eigenvalue weighted by Gasteiger charge is 2.39. The van der Waals surface area contributed by atoms with Crippen LogP contribution in [0.2, 0.25) is 15.1 Å². The smallest absolute Gasteiger partial charge is 0.266 e. The molecule has 0 radical (unpaired) electrons. The Morgan fingerprint density at radius 2 is 1.88 bits per heavy atom. The van der Waals surface area contributed by atoms with Gasteiger partial charge in [-0.3, -0.25) is 9.59 Å². The first-order chi connectivity index (χ1) is 15.8. The van der Waals surface area contributed by atoms with Gasteiger partial charge in [-0.25, -0.2) is 4.39 Å². The second-order valence-electron chi connectivity index (χ2n) is 9.09. The largest absolute Gasteiger partial charge is 0.598 e. The number of H-pyrrole nitrogens is 1. The van der Waals surface area contributed by atoms with Gasteiger partial charge in [0.05, 0.1) is 27.2 Å². The van der Waals surface area contributed by atoms with Gasteiger partial charge >= 0.3 is 0 Å². The van der Waals surface area contributed by atoms with Crippen molar-refractivity contribution in [2.45, 2.75) is 44.4 Å². The molecule has 0 bridgehead atoms. The Morgan fingerprint density at radius 1 is 1.26 bits per heavy atom. The zero-order valence-electron chi connectivity index (χ0n) is 18.8. The lowest BCUT2D eigenvalue weighted by Gasteiger charge is -2.38. The number of hydrogen-bond acceptors (Lipinski definition) is 5. The van der Waals surface area contributed by atoms with Crippen LogP contribution in [-0.2, 0) is 11.4 Å². The Bertz CT molecular complexity index is 1130. The third kappa shape index (κ3) is 5.83. The number of phenolic OH excluding ortho intramolecular Hbond substituents is 1. The van der Waals surface area contributed by atoms with Crippen LogP contribution in [0, 0.1) is 11.7 Å². The van der Waals surface area contributed by atoms with E-state index < -0.39 is 39.3 Å². The Morgan fingerprint density at radius 3 is 2.44 bits per heavy atom. The van der Waals surface area contributed by atoms with Crippen LogP contribution in [0.3, 0.4) is 0 Å². The summed E-state index contributed by atoms with van der Waals surface area (Å²) in [6, 6.07) is 1.64. The van der Waals surface area contributed by atoms with Gasteiger partial charge in [0.2, 0.25) is 0 Å². The fourth-order valence-corrected chi connectivity index (χ4v) is 5.18. The molecule has 1 saturated heterocycles. The van der Waals surface area contributed by atoms with Crippen LogP contribution in [0.4, 0.5) is 4.39 Å². The van der Waals surface area contributed by atoms with Gasteiger partial charge in [0.1, 0.15) is 15.5 Å². The van der Waals surface area contributed by atoms with Crippen LogP contribution in [0.25, 0.3) is 0 Å². The molecular weight excluding hydrogens is 528 g/mol. The number of nitrogens with one attached hydrogen (secondary N) is 2. The Kier molecular flexibility index (Phi) is 8.48. The third-order valence-electron chi connectivity index (χ3n) is 5.68. The summed E-state index contributed by atoms with van der Waals surface area (Å²) in [6.07, 6.45) is 2.17. The number of phenols is 1. The zero-order chi connectivity index (χ0) is 25.4. The number of pyridine rings is 1. The molecule has 2 atom stereocenters. The van der Waals surface area contributed by atoms with Gasteiger partial charge in [-0.05, 0) is 45.6 Å². The van der Waals surface area contributed by atoms with Crippen molar-refractivity contribution in [3.63, 3.8) is 0 Å². The van der Waals surface area contributed by atoms with E-state index in [9.17, 15) is 19.2 Å². The van der Waals surface area contributed by atoms with E-state index in [0.717, 1.165) is 6.07 Å². The number of nitrogens with zero attached hydrogens (tertiary/aromatic N) is 1. The van der Waals surface area contributed by atoms with Crippen molar-refractivity contribution in [1.82, 2.24) is 14.6 Å². The van der Waals surface area contributed by atoms with Crippen molar-refractivity contribution in [2.24, 2.45) is 5.92 Å². The summed E-state index contributed by atoms with van der Waals surface area (Å²) in [4.78, 5) is 28.4. The highest BCUT2D eigenvalue weighted by molar-refractivity contribution is 7.90. The maximum Gasteiger partial charge on any atom is 0.266 e. The van der Waals surface area contributed by atoms with Crippen LogP contribution in [0.15, 0.2) is 23.1 Å². The summed E-state index contributed by atoms with van der Waals surface area (Å²) >= 11 is 16.2. The first kappa shape index (κ1) is 27.1. The molecule has 1 aliphatic heterocycles. The Hall–Kier alpha value is -1.49. The van der Waals surface area contributed by atoms with Gasteiger partial charge in [0, 0.05) is 36.7 Å². The molecule has 2 heterocycles. The normalized spacial score (nSPS) is 17.0. The minimum absolute atomic E-state index is 0.0831. The Labute approximate surface area is 214 Å². The molecule has 34 heavy (non-hydrogen) atoms. The predicted octanol–water partition coefficient (Wildman–Crippen LogP) is 4.83. The summed E-state index contributed by atoms with van der Waals surface area (Å²) in [7, 11) is 0. The SMILES string of the molecule is CC(C)(C)[S@+]([O-])NC(c1c(O)cc(Cl)c(Cl)c1F)C1CCN(C(=O)c2c[nH]c(=O)c(Cl)c2)CC1. The lowest BCUT2D eigenvalue weighted by molar-refractivity contribution is 0.0672. The topological polar surface area (TPSA) is 108 Å². The van der Waals surface area contributed by atoms with Crippen LogP contribution in [-0.4, -0.2) is 43.3 Å². The summed E-state index contributed by atoms with van der Waals surface area (Å²) in [5, 5.41) is 9.98. The van der Waals surface area contributed by atoms with Crippen molar-refractivity contribution in [1.29, 1.82) is 0 Å². The van der Waals surface area contributed by atoms with E-state index in [0.29, 0.717) is 25.9 Å². The van der Waals surface area contributed by atoms with Gasteiger partial charge in [0.15, 0.2) is 5.82 Å². The number of hydrogen-bond donors (Lipinski definition) is 3. The molecule has 7 nitrogen and oxygen atoms in total. The number of carbonyl (C=O) groups excluding carboxylic acids is 1. The maximum atomic E-state index is 15.2. The minimum atomic E-state index is -1.58. The summed E-state index contributed by atoms with van der Waals surface area (Å²) in [6.45, 7) is 5.97. The van der Waals surface area contributed by atoms with Gasteiger partial charge < -0.3 is 19.5 Å². The molecule has 1 unspecified atom stereocenters. The van der Waals surface area contributed by atoms with Gasteiger partial charge in [-0.1, -0.05) is 34.8 Å². The van der Waals surface area contributed by atoms with Crippen molar-refractivity contribution in [3.05, 3.63) is 60.7 Å².